The average Bonchev–Trinajstić information content (AvgIpc) is 3.58. The van der Waals surface area contributed by atoms with Gasteiger partial charge in [0.05, 0.1) is 24.6 Å². The van der Waals surface area contributed by atoms with E-state index >= 15 is 0 Å². The molecule has 9 nitrogen and oxygen atoms in total. The van der Waals surface area contributed by atoms with Gasteiger partial charge in [0.2, 0.25) is 17.7 Å². The van der Waals surface area contributed by atoms with Gasteiger partial charge in [0, 0.05) is 19.5 Å². The van der Waals surface area contributed by atoms with Crippen molar-refractivity contribution < 1.29 is 29.0 Å². The Kier molecular flexibility index (Phi) is 13.8. The molecule has 0 radical (unpaired) electrons. The maximum Gasteiger partial charge on any atom is 0.310 e. The smallest absolute Gasteiger partial charge is 0.310 e. The molecule has 1 heterocycles. The largest absolute Gasteiger partial charge is 0.455 e. The third-order valence-electron chi connectivity index (χ3n) is 7.79. The Morgan fingerprint density at radius 1 is 0.909 bits per heavy atom. The summed E-state index contributed by atoms with van der Waals surface area (Å²) in [4.78, 5) is 54.8. The van der Waals surface area contributed by atoms with Gasteiger partial charge in [-0.25, -0.2) is 0 Å². The number of ether oxygens (including phenoxy) is 1. The van der Waals surface area contributed by atoms with Crippen molar-refractivity contribution in [2.75, 3.05) is 19.7 Å². The highest BCUT2D eigenvalue weighted by molar-refractivity contribution is 6.00. The highest BCUT2D eigenvalue weighted by atomic mass is 16.5. The fourth-order valence-electron chi connectivity index (χ4n) is 5.36. The van der Waals surface area contributed by atoms with Crippen LogP contribution in [-0.2, 0) is 30.3 Å². The predicted molar refractivity (Wildman–Crippen MR) is 169 cm³/mol. The van der Waals surface area contributed by atoms with E-state index in [4.69, 9.17) is 4.74 Å². The van der Waals surface area contributed by atoms with Crippen molar-refractivity contribution in [3.05, 3.63) is 97.1 Å². The Labute approximate surface area is 260 Å². The van der Waals surface area contributed by atoms with Crippen LogP contribution in [0.2, 0.25) is 0 Å². The molecule has 9 heteroatoms. The summed E-state index contributed by atoms with van der Waals surface area (Å²) < 4.78 is 6.00. The maximum absolute atomic E-state index is 13.5. The molecule has 0 saturated carbocycles. The predicted octanol–water partition coefficient (Wildman–Crippen LogP) is 3.89. The summed E-state index contributed by atoms with van der Waals surface area (Å²) in [5, 5.41) is 15.6. The number of nitrogens with one attached hydrogen (secondary N) is 2. The lowest BCUT2D eigenvalue weighted by Crippen LogP contribution is -2.49. The fourth-order valence-corrected chi connectivity index (χ4v) is 5.36. The van der Waals surface area contributed by atoms with Crippen LogP contribution in [0.1, 0.15) is 56.3 Å². The molecule has 236 valence electrons. The van der Waals surface area contributed by atoms with Gasteiger partial charge in [0.1, 0.15) is 12.0 Å². The number of hydrogen-bond donors (Lipinski definition) is 3. The lowest BCUT2D eigenvalue weighted by Gasteiger charge is -2.29. The van der Waals surface area contributed by atoms with Gasteiger partial charge in [0.25, 0.3) is 0 Å². The van der Waals surface area contributed by atoms with Crippen LogP contribution in [0.3, 0.4) is 0 Å². The lowest BCUT2D eigenvalue weighted by molar-refractivity contribution is -0.159. The summed E-state index contributed by atoms with van der Waals surface area (Å²) >= 11 is 0. The molecule has 0 spiro atoms. The molecule has 3 rings (SSSR count). The van der Waals surface area contributed by atoms with E-state index in [2.05, 4.69) is 23.8 Å². The van der Waals surface area contributed by atoms with Crippen molar-refractivity contribution in [3.8, 4) is 0 Å². The van der Waals surface area contributed by atoms with E-state index in [0.29, 0.717) is 25.1 Å². The SMILES string of the molecule is C=CCC(C(=O)N[C@@H](CO)Cc1ccccc1)C(=O)N[C@H](C)[C@@H](OC(=O)[C@@H](CC=C)CC(=O)N1CCCC1)c1ccccc1. The highest BCUT2D eigenvalue weighted by Gasteiger charge is 2.34. The number of aliphatic hydroxyl groups is 1. The van der Waals surface area contributed by atoms with Gasteiger partial charge in [-0.2, -0.15) is 0 Å². The molecule has 1 aliphatic rings. The molecule has 44 heavy (non-hydrogen) atoms. The second-order valence-electron chi connectivity index (χ2n) is 11.2. The summed E-state index contributed by atoms with van der Waals surface area (Å²) in [6, 6.07) is 17.2. The van der Waals surface area contributed by atoms with Crippen LogP contribution in [0, 0.1) is 11.8 Å². The van der Waals surface area contributed by atoms with Crippen molar-refractivity contribution in [1.29, 1.82) is 0 Å². The monoisotopic (exact) mass is 603 g/mol. The molecule has 1 unspecified atom stereocenters. The number of benzene rings is 2. The van der Waals surface area contributed by atoms with Crippen molar-refractivity contribution in [2.24, 2.45) is 11.8 Å². The van der Waals surface area contributed by atoms with Gasteiger partial charge in [0.15, 0.2) is 0 Å². The molecule has 2 aromatic carbocycles. The molecule has 3 N–H and O–H groups in total. The quantitative estimate of drug-likeness (QED) is 0.143. The molecule has 2 aromatic rings. The van der Waals surface area contributed by atoms with E-state index in [1.54, 1.807) is 42.2 Å². The van der Waals surface area contributed by atoms with Crippen LogP contribution in [0.15, 0.2) is 86.0 Å². The number of hydrogen-bond acceptors (Lipinski definition) is 6. The van der Waals surface area contributed by atoms with E-state index < -0.39 is 47.8 Å². The summed E-state index contributed by atoms with van der Waals surface area (Å²) in [5.41, 5.74) is 1.60. The van der Waals surface area contributed by atoms with Crippen molar-refractivity contribution in [2.45, 2.75) is 63.6 Å². The van der Waals surface area contributed by atoms with Crippen molar-refractivity contribution in [1.82, 2.24) is 15.5 Å². The number of carbonyl (C=O) groups excluding carboxylic acids is 4. The maximum atomic E-state index is 13.5. The second kappa shape index (κ2) is 17.8. The molecule has 0 aliphatic carbocycles. The van der Waals surface area contributed by atoms with Crippen LogP contribution in [0.4, 0.5) is 0 Å². The summed E-state index contributed by atoms with van der Waals surface area (Å²) in [6.07, 6.45) is 4.89. The van der Waals surface area contributed by atoms with Crippen LogP contribution >= 0.6 is 0 Å². The molecule has 1 saturated heterocycles. The number of esters is 1. The Hall–Kier alpha value is -4.24. The minimum absolute atomic E-state index is 0.0175. The van der Waals surface area contributed by atoms with E-state index in [1.807, 2.05) is 36.4 Å². The zero-order valence-corrected chi connectivity index (χ0v) is 25.5. The number of likely N-dealkylation sites (tertiary alicyclic amines) is 1. The zero-order chi connectivity index (χ0) is 31.9. The number of carbonyl (C=O) groups is 4. The topological polar surface area (TPSA) is 125 Å². The van der Waals surface area contributed by atoms with Gasteiger partial charge in [-0.05, 0) is 50.2 Å². The Morgan fingerprint density at radius 3 is 2.09 bits per heavy atom. The van der Waals surface area contributed by atoms with Crippen LogP contribution in [-0.4, -0.2) is 65.5 Å². The first kappa shape index (κ1) is 34.3. The number of nitrogens with zero attached hydrogens (tertiary/aromatic N) is 1. The average molecular weight is 604 g/mol. The summed E-state index contributed by atoms with van der Waals surface area (Å²) in [6.45, 7) is 10.2. The van der Waals surface area contributed by atoms with Crippen molar-refractivity contribution in [3.63, 3.8) is 0 Å². The number of rotatable bonds is 17. The van der Waals surface area contributed by atoms with Gasteiger partial charge in [-0.3, -0.25) is 19.2 Å². The first-order valence-corrected chi connectivity index (χ1v) is 15.3. The van der Waals surface area contributed by atoms with Crippen molar-refractivity contribution >= 4 is 23.7 Å². The van der Waals surface area contributed by atoms with Crippen LogP contribution < -0.4 is 10.6 Å². The Morgan fingerprint density at radius 2 is 1.50 bits per heavy atom. The van der Waals surface area contributed by atoms with Crippen LogP contribution in [0.5, 0.6) is 0 Å². The minimum atomic E-state index is -1.11. The molecule has 0 bridgehead atoms. The van der Waals surface area contributed by atoms with Gasteiger partial charge in [-0.15, -0.1) is 13.2 Å². The van der Waals surface area contributed by atoms with E-state index in [9.17, 15) is 24.3 Å². The van der Waals surface area contributed by atoms with E-state index in [-0.39, 0.29) is 31.8 Å². The molecule has 0 aromatic heterocycles. The minimum Gasteiger partial charge on any atom is -0.455 e. The third-order valence-corrected chi connectivity index (χ3v) is 7.79. The fraction of sp³-hybridized carbons (Fsp3) is 0.429. The normalized spacial score (nSPS) is 16.1. The van der Waals surface area contributed by atoms with E-state index in [1.165, 1.54) is 6.08 Å². The molecular formula is C35H45N3O6. The molecule has 5 atom stereocenters. The number of amides is 3. The Bertz CT molecular complexity index is 1250. The number of allylic oxidation sites excluding steroid dienone is 2. The standard InChI is InChI=1S/C35H45N3O6/c1-4-14-28(23-31(40)38-20-12-13-21-38)35(43)44-32(27-18-10-7-11-19-27)25(3)36-33(41)30(15-5-2)34(42)37-29(24-39)22-26-16-8-6-9-17-26/h4-11,16-19,25,28-30,32,39H,1-2,12-15,20-24H2,3H3,(H,36,41)(H,37,42)/t25-,28+,29-,30?,32-/m1/s1. The lowest BCUT2D eigenvalue weighted by atomic mass is 9.98. The second-order valence-corrected chi connectivity index (χ2v) is 11.2. The van der Waals surface area contributed by atoms with Gasteiger partial charge < -0.3 is 25.4 Å². The number of aliphatic hydroxyl groups excluding tert-OH is 1. The zero-order valence-electron chi connectivity index (χ0n) is 25.5. The van der Waals surface area contributed by atoms with E-state index in [0.717, 1.165) is 18.4 Å². The first-order valence-electron chi connectivity index (χ1n) is 15.3. The molecule has 1 fully saturated rings. The summed E-state index contributed by atoms with van der Waals surface area (Å²) in [5.74, 6) is -3.57. The summed E-state index contributed by atoms with van der Waals surface area (Å²) in [7, 11) is 0. The molecule has 1 aliphatic heterocycles. The van der Waals surface area contributed by atoms with Gasteiger partial charge in [-0.1, -0.05) is 72.8 Å². The van der Waals surface area contributed by atoms with Crippen LogP contribution in [0.25, 0.3) is 0 Å². The molecular weight excluding hydrogens is 558 g/mol. The molecule has 3 amide bonds. The highest BCUT2D eigenvalue weighted by Crippen LogP contribution is 2.26. The Balaban J connectivity index is 1.72. The first-order chi connectivity index (χ1) is 21.3. The third kappa shape index (κ3) is 10.2. The van der Waals surface area contributed by atoms with Gasteiger partial charge >= 0.3 is 5.97 Å².